The van der Waals surface area contributed by atoms with Crippen molar-refractivity contribution in [2.45, 2.75) is 186 Å². The van der Waals surface area contributed by atoms with E-state index >= 15 is 0 Å². The highest BCUT2D eigenvalue weighted by molar-refractivity contribution is 5.80. The maximum Gasteiger partial charge on any atom is 0.249 e. The number of unbranched alkanes of at least 4 members (excludes halogenated alkanes) is 16. The molecular weight excluding hydrogens is 538 g/mol. The van der Waals surface area contributed by atoms with Crippen LogP contribution in [0, 0.1) is 0 Å². The number of carbonyl (C=O) groups is 1. The van der Waals surface area contributed by atoms with Crippen LogP contribution in [0.25, 0.3) is 0 Å². The molecule has 0 aliphatic rings. The van der Waals surface area contributed by atoms with Crippen LogP contribution in [0.4, 0.5) is 0 Å². The van der Waals surface area contributed by atoms with Gasteiger partial charge in [0.15, 0.2) is 0 Å². The normalized spacial score (nSPS) is 15.0. The molecule has 4 unspecified atom stereocenters. The van der Waals surface area contributed by atoms with Gasteiger partial charge in [-0.3, -0.25) is 4.79 Å². The summed E-state index contributed by atoms with van der Waals surface area (Å²) in [6.45, 7) is 3.96. The van der Waals surface area contributed by atoms with Gasteiger partial charge in [-0.15, -0.1) is 0 Å². The molecule has 6 nitrogen and oxygen atoms in total. The van der Waals surface area contributed by atoms with Gasteiger partial charge in [-0.25, -0.2) is 0 Å². The molecular formula is C37H69NO5. The first-order valence-corrected chi connectivity index (χ1v) is 17.9. The van der Waals surface area contributed by atoms with Gasteiger partial charge in [0.25, 0.3) is 0 Å². The third-order valence-electron chi connectivity index (χ3n) is 8.05. The van der Waals surface area contributed by atoms with E-state index in [4.69, 9.17) is 0 Å². The van der Waals surface area contributed by atoms with Crippen LogP contribution in [0.2, 0.25) is 0 Å². The van der Waals surface area contributed by atoms with Gasteiger partial charge in [0.05, 0.1) is 18.8 Å². The fourth-order valence-corrected chi connectivity index (χ4v) is 5.12. The van der Waals surface area contributed by atoms with Crippen molar-refractivity contribution in [3.8, 4) is 0 Å². The van der Waals surface area contributed by atoms with E-state index in [0.717, 1.165) is 57.8 Å². The van der Waals surface area contributed by atoms with Crippen molar-refractivity contribution in [2.24, 2.45) is 0 Å². The first-order chi connectivity index (χ1) is 21.0. The van der Waals surface area contributed by atoms with Crippen LogP contribution in [0.3, 0.4) is 0 Å². The van der Waals surface area contributed by atoms with Crippen LogP contribution in [0.1, 0.15) is 162 Å². The highest BCUT2D eigenvalue weighted by Crippen LogP contribution is 2.13. The maximum absolute atomic E-state index is 12.4. The number of allylic oxidation sites excluding steroid dienone is 6. The van der Waals surface area contributed by atoms with E-state index in [9.17, 15) is 25.2 Å². The summed E-state index contributed by atoms with van der Waals surface area (Å²) in [6, 6.07) is -1.01. The predicted molar refractivity (Wildman–Crippen MR) is 182 cm³/mol. The van der Waals surface area contributed by atoms with Gasteiger partial charge in [-0.2, -0.15) is 0 Å². The largest absolute Gasteiger partial charge is 0.394 e. The smallest absolute Gasteiger partial charge is 0.249 e. The molecule has 0 saturated heterocycles. The zero-order valence-corrected chi connectivity index (χ0v) is 27.9. The molecule has 43 heavy (non-hydrogen) atoms. The summed E-state index contributed by atoms with van der Waals surface area (Å²) >= 11 is 0. The Morgan fingerprint density at radius 1 is 0.558 bits per heavy atom. The lowest BCUT2D eigenvalue weighted by atomic mass is 10.00. The second kappa shape index (κ2) is 31.9. The van der Waals surface area contributed by atoms with Gasteiger partial charge in [0, 0.05) is 0 Å². The molecule has 5 N–H and O–H groups in total. The van der Waals surface area contributed by atoms with Gasteiger partial charge in [0.2, 0.25) is 5.91 Å². The molecule has 0 fully saturated rings. The number of hydrogen-bond donors (Lipinski definition) is 5. The molecule has 0 heterocycles. The number of amides is 1. The Morgan fingerprint density at radius 2 is 0.977 bits per heavy atom. The van der Waals surface area contributed by atoms with Crippen molar-refractivity contribution >= 4 is 5.91 Å². The van der Waals surface area contributed by atoms with E-state index in [2.05, 4.69) is 55.6 Å². The average molecular weight is 608 g/mol. The molecule has 4 atom stereocenters. The first-order valence-electron chi connectivity index (χ1n) is 17.9. The highest BCUT2D eigenvalue weighted by Gasteiger charge is 2.28. The Bertz CT molecular complexity index is 692. The third-order valence-corrected chi connectivity index (χ3v) is 8.05. The minimum Gasteiger partial charge on any atom is -0.394 e. The number of aliphatic hydroxyl groups excluding tert-OH is 4. The number of carbonyl (C=O) groups excluding carboxylic acids is 1. The summed E-state index contributed by atoms with van der Waals surface area (Å²) in [5.41, 5.74) is 0. The van der Waals surface area contributed by atoms with Crippen molar-refractivity contribution in [3.05, 3.63) is 36.5 Å². The third kappa shape index (κ3) is 26.6. The van der Waals surface area contributed by atoms with Gasteiger partial charge < -0.3 is 25.7 Å². The van der Waals surface area contributed by atoms with Crippen LogP contribution in [-0.4, -0.2) is 57.3 Å². The maximum atomic E-state index is 12.4. The zero-order chi connectivity index (χ0) is 31.8. The number of aliphatic hydroxyl groups is 4. The molecule has 0 saturated carbocycles. The molecule has 0 bridgehead atoms. The summed E-state index contributed by atoms with van der Waals surface area (Å²) in [5.74, 6) is -0.611. The molecule has 0 radical (unpaired) electrons. The van der Waals surface area contributed by atoms with Gasteiger partial charge in [-0.1, -0.05) is 121 Å². The quantitative estimate of drug-likeness (QED) is 0.0403. The molecule has 6 heteroatoms. The van der Waals surface area contributed by atoms with E-state index in [1.165, 1.54) is 70.6 Å². The second-order valence-electron chi connectivity index (χ2n) is 12.2. The van der Waals surface area contributed by atoms with E-state index in [-0.39, 0.29) is 0 Å². The molecule has 0 spiro atoms. The van der Waals surface area contributed by atoms with Crippen molar-refractivity contribution in [1.29, 1.82) is 0 Å². The van der Waals surface area contributed by atoms with Crippen LogP contribution < -0.4 is 5.32 Å². The summed E-state index contributed by atoms with van der Waals surface area (Å²) in [4.78, 5) is 12.4. The zero-order valence-electron chi connectivity index (χ0n) is 27.9. The van der Waals surface area contributed by atoms with Crippen LogP contribution in [-0.2, 0) is 4.79 Å². The highest BCUT2D eigenvalue weighted by atomic mass is 16.3. The van der Waals surface area contributed by atoms with Gasteiger partial charge in [0.1, 0.15) is 12.2 Å². The molecule has 0 rings (SSSR count). The Hall–Kier alpha value is -1.47. The second-order valence-corrected chi connectivity index (χ2v) is 12.2. The Kier molecular flexibility index (Phi) is 30.8. The summed E-state index contributed by atoms with van der Waals surface area (Å²) in [6.07, 6.45) is 34.5. The molecule has 0 aromatic rings. The van der Waals surface area contributed by atoms with Crippen molar-refractivity contribution in [3.63, 3.8) is 0 Å². The minimum atomic E-state index is -1.29. The fraction of sp³-hybridized carbons (Fsp3) is 0.811. The lowest BCUT2D eigenvalue weighted by Crippen LogP contribution is -2.53. The van der Waals surface area contributed by atoms with Crippen LogP contribution in [0.5, 0.6) is 0 Å². The van der Waals surface area contributed by atoms with Crippen molar-refractivity contribution in [1.82, 2.24) is 5.32 Å². The van der Waals surface area contributed by atoms with E-state index in [1.54, 1.807) is 0 Å². The first kappa shape index (κ1) is 41.5. The number of hydrogen-bond acceptors (Lipinski definition) is 5. The molecule has 0 aliphatic heterocycles. The Balaban J connectivity index is 3.94. The molecule has 252 valence electrons. The molecule has 0 aromatic carbocycles. The van der Waals surface area contributed by atoms with E-state index in [0.29, 0.717) is 19.3 Å². The Labute approximate surface area is 265 Å². The van der Waals surface area contributed by atoms with Gasteiger partial charge in [-0.05, 0) is 77.0 Å². The minimum absolute atomic E-state index is 0.344. The molecule has 0 aliphatic carbocycles. The lowest BCUT2D eigenvalue weighted by Gasteiger charge is -2.27. The van der Waals surface area contributed by atoms with Crippen molar-refractivity contribution < 1.29 is 25.2 Å². The predicted octanol–water partition coefficient (Wildman–Crippen LogP) is 8.23. The molecule has 1 amide bonds. The topological polar surface area (TPSA) is 110 Å². The summed E-state index contributed by atoms with van der Waals surface area (Å²) in [5, 5.41) is 43.3. The monoisotopic (exact) mass is 608 g/mol. The van der Waals surface area contributed by atoms with Crippen LogP contribution in [0.15, 0.2) is 36.5 Å². The summed E-state index contributed by atoms with van der Waals surface area (Å²) < 4.78 is 0. The standard InChI is InChI=1S/C37H69NO5/c1-3-5-7-9-11-13-15-16-17-18-19-21-22-24-26-28-30-34(40)36(42)33(32-39)38-37(43)35(41)31-29-27-25-23-20-14-12-10-8-6-4-2/h12,14,17-18,22,24,33-36,39-42H,3-11,13,15-16,19-21,23,25-32H2,1-2H3,(H,38,43)/b14-12-,18-17+,24-22+. The van der Waals surface area contributed by atoms with Crippen LogP contribution >= 0.6 is 0 Å². The van der Waals surface area contributed by atoms with Gasteiger partial charge >= 0.3 is 0 Å². The summed E-state index contributed by atoms with van der Waals surface area (Å²) in [7, 11) is 0. The molecule has 0 aromatic heterocycles. The van der Waals surface area contributed by atoms with Crippen molar-refractivity contribution in [2.75, 3.05) is 6.61 Å². The van der Waals surface area contributed by atoms with E-state index in [1.807, 2.05) is 0 Å². The number of nitrogens with one attached hydrogen (secondary N) is 1. The Morgan fingerprint density at radius 3 is 1.51 bits per heavy atom. The SMILES string of the molecule is CCCCC/C=C\CCCCCCC(O)C(=O)NC(CO)C(O)C(O)CCC/C=C/CC/C=C/CCCCCCCCC. The van der Waals surface area contributed by atoms with E-state index < -0.39 is 36.9 Å². The average Bonchev–Trinajstić information content (AvgIpc) is 3.01. The lowest BCUT2D eigenvalue weighted by molar-refractivity contribution is -0.132. The number of rotatable bonds is 31. The fourth-order valence-electron chi connectivity index (χ4n) is 5.12.